The van der Waals surface area contributed by atoms with Gasteiger partial charge in [-0.15, -0.1) is 0 Å². The van der Waals surface area contributed by atoms with Crippen LogP contribution in [0.2, 0.25) is 0 Å². The summed E-state index contributed by atoms with van der Waals surface area (Å²) in [4.78, 5) is 4.39. The number of aromatic nitrogens is 2. The highest BCUT2D eigenvalue weighted by atomic mass is 15.2. The molecule has 0 bridgehead atoms. The first-order chi connectivity index (χ1) is 6.95. The van der Waals surface area contributed by atoms with Crippen molar-refractivity contribution in [2.45, 2.75) is 19.0 Å². The molecular weight excluding hydrogens is 174 g/mol. The van der Waals surface area contributed by atoms with Gasteiger partial charge in [0.15, 0.2) is 0 Å². The van der Waals surface area contributed by atoms with Gasteiger partial charge in [0.1, 0.15) is 0 Å². The van der Waals surface area contributed by atoms with Crippen molar-refractivity contribution in [1.29, 1.82) is 0 Å². The van der Waals surface area contributed by atoms with Crippen molar-refractivity contribution < 1.29 is 0 Å². The van der Waals surface area contributed by atoms with Gasteiger partial charge in [-0.3, -0.25) is 5.32 Å². The first-order valence-corrected chi connectivity index (χ1v) is 5.10. The number of para-hydroxylation sites is 2. The van der Waals surface area contributed by atoms with Crippen LogP contribution in [0.4, 0.5) is 0 Å². The van der Waals surface area contributed by atoms with Gasteiger partial charge in [-0.05, 0) is 31.5 Å². The van der Waals surface area contributed by atoms with Crippen molar-refractivity contribution >= 4 is 11.0 Å². The van der Waals surface area contributed by atoms with Crippen molar-refractivity contribution in [3.05, 3.63) is 30.6 Å². The lowest BCUT2D eigenvalue weighted by atomic mass is 10.3. The fraction of sp³-hybridized carbons (Fsp3) is 0.364. The molecule has 1 fully saturated rings. The second-order valence-electron chi connectivity index (χ2n) is 3.75. The number of benzene rings is 1. The van der Waals surface area contributed by atoms with E-state index in [-0.39, 0.29) is 0 Å². The highest BCUT2D eigenvalue weighted by Crippen LogP contribution is 2.21. The molecule has 0 spiro atoms. The number of fused-ring (bicyclic) bond motifs is 1. The zero-order valence-electron chi connectivity index (χ0n) is 7.98. The number of hydrogen-bond acceptors (Lipinski definition) is 2. The van der Waals surface area contributed by atoms with Gasteiger partial charge in [0.2, 0.25) is 0 Å². The maximum Gasteiger partial charge on any atom is 0.0971 e. The summed E-state index contributed by atoms with van der Waals surface area (Å²) in [7, 11) is 0. The zero-order chi connectivity index (χ0) is 9.38. The molecule has 1 aliphatic rings. The average Bonchev–Trinajstić information content (AvgIpc) is 2.85. The molecule has 2 aromatic rings. The minimum absolute atomic E-state index is 0.447. The number of imidazole rings is 1. The van der Waals surface area contributed by atoms with E-state index >= 15 is 0 Å². The minimum Gasteiger partial charge on any atom is -0.314 e. The summed E-state index contributed by atoms with van der Waals surface area (Å²) in [6.07, 6.45) is 4.85. The van der Waals surface area contributed by atoms with Crippen LogP contribution >= 0.6 is 0 Å². The van der Waals surface area contributed by atoms with Crippen LogP contribution in [0.3, 0.4) is 0 Å². The largest absolute Gasteiger partial charge is 0.314 e. The van der Waals surface area contributed by atoms with Crippen molar-refractivity contribution in [1.82, 2.24) is 14.9 Å². The molecule has 1 saturated heterocycles. The van der Waals surface area contributed by atoms with Crippen molar-refractivity contribution in [2.75, 3.05) is 6.54 Å². The Hall–Kier alpha value is -1.35. The Labute approximate surface area is 82.8 Å². The second-order valence-corrected chi connectivity index (χ2v) is 3.75. The van der Waals surface area contributed by atoms with Gasteiger partial charge < -0.3 is 4.57 Å². The maximum absolute atomic E-state index is 4.39. The molecular formula is C11H13N3. The van der Waals surface area contributed by atoms with Gasteiger partial charge in [-0.2, -0.15) is 0 Å². The van der Waals surface area contributed by atoms with Crippen LogP contribution in [0, 0.1) is 0 Å². The predicted octanol–water partition coefficient (Wildman–Crippen LogP) is 1.92. The quantitative estimate of drug-likeness (QED) is 0.739. The molecule has 2 heterocycles. The Kier molecular flexibility index (Phi) is 1.77. The van der Waals surface area contributed by atoms with Crippen molar-refractivity contribution in [2.24, 2.45) is 0 Å². The molecule has 3 rings (SSSR count). The highest BCUT2D eigenvalue weighted by Gasteiger charge is 2.17. The number of nitrogens with one attached hydrogen (secondary N) is 1. The first kappa shape index (κ1) is 8.00. The van der Waals surface area contributed by atoms with E-state index in [9.17, 15) is 0 Å². The van der Waals surface area contributed by atoms with E-state index in [0.29, 0.717) is 6.17 Å². The summed E-state index contributed by atoms with van der Waals surface area (Å²) in [5, 5.41) is 3.47. The van der Waals surface area contributed by atoms with Crippen LogP contribution < -0.4 is 5.32 Å². The lowest BCUT2D eigenvalue weighted by Gasteiger charge is -2.12. The van der Waals surface area contributed by atoms with Gasteiger partial charge >= 0.3 is 0 Å². The van der Waals surface area contributed by atoms with Gasteiger partial charge in [0.05, 0.1) is 23.5 Å². The Morgan fingerprint density at radius 1 is 1.36 bits per heavy atom. The minimum atomic E-state index is 0.447. The monoisotopic (exact) mass is 187 g/mol. The predicted molar refractivity (Wildman–Crippen MR) is 56.0 cm³/mol. The molecule has 1 aliphatic heterocycles. The zero-order valence-corrected chi connectivity index (χ0v) is 7.98. The van der Waals surface area contributed by atoms with Crippen LogP contribution in [-0.2, 0) is 0 Å². The first-order valence-electron chi connectivity index (χ1n) is 5.10. The summed E-state index contributed by atoms with van der Waals surface area (Å²) in [5.74, 6) is 0. The number of hydrogen-bond donors (Lipinski definition) is 1. The molecule has 1 unspecified atom stereocenters. The Morgan fingerprint density at radius 3 is 3.14 bits per heavy atom. The Balaban J connectivity index is 2.11. The van der Waals surface area contributed by atoms with Gasteiger partial charge in [0.25, 0.3) is 0 Å². The van der Waals surface area contributed by atoms with Crippen LogP contribution in [-0.4, -0.2) is 16.1 Å². The van der Waals surface area contributed by atoms with E-state index in [1.54, 1.807) is 0 Å². The third kappa shape index (κ3) is 1.13. The molecule has 0 amide bonds. The molecule has 72 valence electrons. The molecule has 3 nitrogen and oxygen atoms in total. The summed E-state index contributed by atoms with van der Waals surface area (Å²) in [6.45, 7) is 1.12. The van der Waals surface area contributed by atoms with Gasteiger partial charge in [-0.25, -0.2) is 4.98 Å². The van der Waals surface area contributed by atoms with Crippen LogP contribution in [0.5, 0.6) is 0 Å². The van der Waals surface area contributed by atoms with E-state index in [4.69, 9.17) is 0 Å². The third-order valence-corrected chi connectivity index (χ3v) is 2.85. The Morgan fingerprint density at radius 2 is 2.29 bits per heavy atom. The molecule has 3 heteroatoms. The van der Waals surface area contributed by atoms with Crippen molar-refractivity contribution in [3.63, 3.8) is 0 Å². The summed E-state index contributed by atoms with van der Waals surface area (Å²) in [6, 6.07) is 8.28. The maximum atomic E-state index is 4.39. The summed E-state index contributed by atoms with van der Waals surface area (Å²) in [5.41, 5.74) is 2.31. The molecule has 0 radical (unpaired) electrons. The lowest BCUT2D eigenvalue weighted by Crippen LogP contribution is -2.18. The summed E-state index contributed by atoms with van der Waals surface area (Å²) >= 11 is 0. The second kappa shape index (κ2) is 3.10. The van der Waals surface area contributed by atoms with Crippen LogP contribution in [0.25, 0.3) is 11.0 Å². The molecule has 1 aromatic heterocycles. The molecule has 14 heavy (non-hydrogen) atoms. The SMILES string of the molecule is c1ccc2c(c1)ncn2C1CCCN1. The van der Waals surface area contributed by atoms with E-state index in [0.717, 1.165) is 12.1 Å². The third-order valence-electron chi connectivity index (χ3n) is 2.85. The van der Waals surface area contributed by atoms with Crippen molar-refractivity contribution in [3.8, 4) is 0 Å². The lowest BCUT2D eigenvalue weighted by molar-refractivity contribution is 0.481. The molecule has 1 aromatic carbocycles. The normalized spacial score (nSPS) is 21.9. The van der Waals surface area contributed by atoms with Crippen LogP contribution in [0.1, 0.15) is 19.0 Å². The fourth-order valence-electron chi connectivity index (χ4n) is 2.13. The standard InChI is InChI=1S/C11H13N3/c1-2-5-10-9(4-1)13-8-14(10)11-6-3-7-12-11/h1-2,4-5,8,11-12H,3,6-7H2. The molecule has 0 saturated carbocycles. The van der Waals surface area contributed by atoms with Crippen LogP contribution in [0.15, 0.2) is 30.6 Å². The molecule has 1 N–H and O–H groups in total. The summed E-state index contributed by atoms with van der Waals surface area (Å²) < 4.78 is 2.24. The number of rotatable bonds is 1. The average molecular weight is 187 g/mol. The van der Waals surface area contributed by atoms with E-state index in [1.165, 1.54) is 18.4 Å². The van der Waals surface area contributed by atoms with E-state index < -0.39 is 0 Å². The smallest absolute Gasteiger partial charge is 0.0971 e. The van der Waals surface area contributed by atoms with Gasteiger partial charge in [0, 0.05) is 0 Å². The fourth-order valence-corrected chi connectivity index (χ4v) is 2.13. The number of nitrogens with zero attached hydrogens (tertiary/aromatic N) is 2. The van der Waals surface area contributed by atoms with E-state index in [1.807, 2.05) is 12.4 Å². The topological polar surface area (TPSA) is 29.9 Å². The Bertz CT molecular complexity index is 440. The molecule has 1 atom stereocenters. The molecule has 0 aliphatic carbocycles. The van der Waals surface area contributed by atoms with Gasteiger partial charge in [-0.1, -0.05) is 12.1 Å². The van der Waals surface area contributed by atoms with E-state index in [2.05, 4.69) is 33.1 Å². The highest BCUT2D eigenvalue weighted by molar-refractivity contribution is 5.75.